The largest absolute Gasteiger partial charge is 0.251 e. The van der Waals surface area contributed by atoms with Crippen LogP contribution in [0.2, 0.25) is 0 Å². The van der Waals surface area contributed by atoms with Crippen molar-refractivity contribution >= 4 is 11.6 Å². The summed E-state index contributed by atoms with van der Waals surface area (Å²) < 4.78 is 0. The van der Waals surface area contributed by atoms with Crippen molar-refractivity contribution < 1.29 is 0 Å². The van der Waals surface area contributed by atoms with Crippen molar-refractivity contribution in [1.82, 2.24) is 10.4 Å². The van der Waals surface area contributed by atoms with Gasteiger partial charge in [-0.25, -0.2) is 5.01 Å². The molecule has 1 heterocycles. The molecule has 0 amide bonds. The van der Waals surface area contributed by atoms with E-state index in [1.54, 1.807) is 0 Å². The van der Waals surface area contributed by atoms with Crippen LogP contribution in [0.15, 0.2) is 0 Å². The lowest BCUT2D eigenvalue weighted by molar-refractivity contribution is 0.131. The maximum Gasteiger partial charge on any atom is 0.0676 e. The third-order valence-electron chi connectivity index (χ3n) is 2.80. The molecule has 0 bridgehead atoms. The highest BCUT2D eigenvalue weighted by atomic mass is 35.5. The monoisotopic (exact) mass is 204 g/mol. The van der Waals surface area contributed by atoms with Crippen LogP contribution in [0.25, 0.3) is 0 Å². The molecule has 0 aliphatic carbocycles. The standard InChI is InChI=1S/C10H21ClN2/c1-6-7-8(11)9(10(2,3)4)13(5)12-7/h7-9,12H,6H2,1-5H3. The summed E-state index contributed by atoms with van der Waals surface area (Å²) in [4.78, 5) is 0. The molecule has 0 saturated carbocycles. The number of halogens is 1. The summed E-state index contributed by atoms with van der Waals surface area (Å²) in [6.45, 7) is 8.89. The van der Waals surface area contributed by atoms with E-state index in [0.29, 0.717) is 12.1 Å². The van der Waals surface area contributed by atoms with Crippen LogP contribution in [-0.4, -0.2) is 29.5 Å². The molecular formula is C10H21ClN2. The predicted octanol–water partition coefficient (Wildman–Crippen LogP) is 2.24. The van der Waals surface area contributed by atoms with Gasteiger partial charge in [-0.1, -0.05) is 27.7 Å². The van der Waals surface area contributed by atoms with E-state index in [4.69, 9.17) is 11.6 Å². The van der Waals surface area contributed by atoms with Crippen molar-refractivity contribution in [2.24, 2.45) is 5.41 Å². The Morgan fingerprint density at radius 1 is 1.38 bits per heavy atom. The second-order valence-corrected chi connectivity index (χ2v) is 5.51. The Kier molecular flexibility index (Phi) is 3.26. The molecule has 3 unspecified atom stereocenters. The number of nitrogens with one attached hydrogen (secondary N) is 1. The molecule has 3 heteroatoms. The van der Waals surface area contributed by atoms with Gasteiger partial charge in [-0.3, -0.25) is 5.43 Å². The highest BCUT2D eigenvalue weighted by Crippen LogP contribution is 2.34. The minimum atomic E-state index is 0.218. The van der Waals surface area contributed by atoms with Gasteiger partial charge < -0.3 is 0 Å². The van der Waals surface area contributed by atoms with Crippen LogP contribution < -0.4 is 5.43 Å². The van der Waals surface area contributed by atoms with Crippen LogP contribution in [0.3, 0.4) is 0 Å². The zero-order valence-corrected chi connectivity index (χ0v) is 10.0. The lowest BCUT2D eigenvalue weighted by Gasteiger charge is -2.33. The number of alkyl halides is 1. The van der Waals surface area contributed by atoms with E-state index < -0.39 is 0 Å². The zero-order chi connectivity index (χ0) is 10.2. The lowest BCUT2D eigenvalue weighted by atomic mass is 9.83. The molecule has 0 aromatic heterocycles. The molecular weight excluding hydrogens is 184 g/mol. The first-order chi connectivity index (χ1) is 5.88. The average molecular weight is 205 g/mol. The van der Waals surface area contributed by atoms with Gasteiger partial charge in [0, 0.05) is 19.1 Å². The van der Waals surface area contributed by atoms with Crippen molar-refractivity contribution in [2.75, 3.05) is 7.05 Å². The molecule has 13 heavy (non-hydrogen) atoms. The molecule has 1 saturated heterocycles. The molecule has 1 rings (SSSR count). The molecule has 1 fully saturated rings. The van der Waals surface area contributed by atoms with E-state index in [2.05, 4.69) is 45.2 Å². The number of hydrogen-bond donors (Lipinski definition) is 1. The fraction of sp³-hybridized carbons (Fsp3) is 1.00. The van der Waals surface area contributed by atoms with Gasteiger partial charge in [-0.05, 0) is 11.8 Å². The Labute approximate surface area is 86.6 Å². The summed E-state index contributed by atoms with van der Waals surface area (Å²) in [5.41, 5.74) is 3.65. The molecule has 1 aliphatic heterocycles. The van der Waals surface area contributed by atoms with Gasteiger partial charge in [0.25, 0.3) is 0 Å². The molecule has 0 radical (unpaired) electrons. The number of hydrazine groups is 1. The van der Waals surface area contributed by atoms with Gasteiger partial charge in [-0.15, -0.1) is 11.6 Å². The highest BCUT2D eigenvalue weighted by molar-refractivity contribution is 6.21. The van der Waals surface area contributed by atoms with Crippen molar-refractivity contribution in [3.63, 3.8) is 0 Å². The minimum absolute atomic E-state index is 0.218. The minimum Gasteiger partial charge on any atom is -0.251 e. The summed E-state index contributed by atoms with van der Waals surface area (Å²) in [6.07, 6.45) is 1.09. The molecule has 3 atom stereocenters. The molecule has 1 aliphatic rings. The number of rotatable bonds is 1. The normalized spacial score (nSPS) is 36.9. The van der Waals surface area contributed by atoms with Crippen LogP contribution in [0, 0.1) is 5.41 Å². The molecule has 78 valence electrons. The molecule has 1 N–H and O–H groups in total. The predicted molar refractivity (Wildman–Crippen MR) is 57.9 cm³/mol. The third-order valence-corrected chi connectivity index (χ3v) is 3.34. The van der Waals surface area contributed by atoms with E-state index in [0.717, 1.165) is 6.42 Å². The fourth-order valence-corrected chi connectivity index (χ4v) is 3.00. The highest BCUT2D eigenvalue weighted by Gasteiger charge is 2.43. The number of nitrogens with zero attached hydrogens (tertiary/aromatic N) is 1. The van der Waals surface area contributed by atoms with Crippen LogP contribution in [-0.2, 0) is 0 Å². The van der Waals surface area contributed by atoms with E-state index in [9.17, 15) is 0 Å². The maximum absolute atomic E-state index is 6.42. The van der Waals surface area contributed by atoms with Crippen molar-refractivity contribution in [2.45, 2.75) is 51.6 Å². The first kappa shape index (κ1) is 11.3. The second kappa shape index (κ2) is 3.76. The first-order valence-corrected chi connectivity index (χ1v) is 5.44. The topological polar surface area (TPSA) is 15.3 Å². The molecule has 0 spiro atoms. The Hall–Kier alpha value is 0.210. The number of hydrogen-bond acceptors (Lipinski definition) is 2. The Morgan fingerprint density at radius 3 is 2.15 bits per heavy atom. The Balaban J connectivity index is 2.76. The summed E-state index contributed by atoms with van der Waals surface area (Å²) in [6, 6.07) is 0.843. The third kappa shape index (κ3) is 2.17. The summed E-state index contributed by atoms with van der Waals surface area (Å²) in [5.74, 6) is 0. The summed E-state index contributed by atoms with van der Waals surface area (Å²) in [5, 5.41) is 2.39. The quantitative estimate of drug-likeness (QED) is 0.660. The van der Waals surface area contributed by atoms with Gasteiger partial charge in [0.2, 0.25) is 0 Å². The van der Waals surface area contributed by atoms with E-state index in [1.165, 1.54) is 0 Å². The van der Waals surface area contributed by atoms with Crippen LogP contribution in [0.1, 0.15) is 34.1 Å². The molecule has 2 nitrogen and oxygen atoms in total. The Bertz CT molecular complexity index is 176. The van der Waals surface area contributed by atoms with Crippen LogP contribution in [0.5, 0.6) is 0 Å². The Morgan fingerprint density at radius 2 is 1.92 bits per heavy atom. The van der Waals surface area contributed by atoms with Crippen molar-refractivity contribution in [3.05, 3.63) is 0 Å². The summed E-state index contributed by atoms with van der Waals surface area (Å²) in [7, 11) is 2.08. The van der Waals surface area contributed by atoms with Gasteiger partial charge in [-0.2, -0.15) is 0 Å². The first-order valence-electron chi connectivity index (χ1n) is 5.01. The zero-order valence-electron chi connectivity index (χ0n) is 9.26. The van der Waals surface area contributed by atoms with Crippen molar-refractivity contribution in [3.8, 4) is 0 Å². The van der Waals surface area contributed by atoms with Gasteiger partial charge in [0.15, 0.2) is 0 Å². The fourth-order valence-electron chi connectivity index (χ4n) is 2.22. The van der Waals surface area contributed by atoms with E-state index in [-0.39, 0.29) is 10.8 Å². The van der Waals surface area contributed by atoms with Gasteiger partial charge >= 0.3 is 0 Å². The second-order valence-electron chi connectivity index (χ2n) is 5.01. The summed E-state index contributed by atoms with van der Waals surface area (Å²) >= 11 is 6.42. The SMILES string of the molecule is CCC1NN(C)C(C(C)(C)C)C1Cl. The molecule has 0 aromatic rings. The van der Waals surface area contributed by atoms with E-state index >= 15 is 0 Å². The van der Waals surface area contributed by atoms with Crippen LogP contribution >= 0.6 is 11.6 Å². The molecule has 0 aromatic carbocycles. The van der Waals surface area contributed by atoms with Crippen molar-refractivity contribution in [1.29, 1.82) is 0 Å². The van der Waals surface area contributed by atoms with Gasteiger partial charge in [0.05, 0.1) is 5.38 Å². The van der Waals surface area contributed by atoms with E-state index in [1.807, 2.05) is 0 Å². The smallest absolute Gasteiger partial charge is 0.0676 e. The average Bonchev–Trinajstić information content (AvgIpc) is 2.24. The van der Waals surface area contributed by atoms with Gasteiger partial charge in [0.1, 0.15) is 0 Å². The lowest BCUT2D eigenvalue weighted by Crippen LogP contribution is -2.43. The maximum atomic E-state index is 6.42. The van der Waals surface area contributed by atoms with Crippen LogP contribution in [0.4, 0.5) is 0 Å².